The Kier molecular flexibility index (Phi) is 6.13. The van der Waals surface area contributed by atoms with Crippen LogP contribution in [0.15, 0.2) is 48.5 Å². The first kappa shape index (κ1) is 21.2. The number of carbonyl (C=O) groups excluding carboxylic acids is 2. The number of hydrogen-bond donors (Lipinski definition) is 1. The first-order valence-corrected chi connectivity index (χ1v) is 10.9. The summed E-state index contributed by atoms with van der Waals surface area (Å²) in [5.74, 6) is -2.56. The molecule has 1 atom stereocenters. The van der Waals surface area contributed by atoms with Gasteiger partial charge in [0, 0.05) is 4.88 Å². The number of amides is 1. The van der Waals surface area contributed by atoms with Gasteiger partial charge >= 0.3 is 5.97 Å². The van der Waals surface area contributed by atoms with Gasteiger partial charge in [-0.15, -0.1) is 11.3 Å². The van der Waals surface area contributed by atoms with Crippen molar-refractivity contribution in [2.45, 2.75) is 32.1 Å². The molecule has 0 saturated heterocycles. The highest BCUT2D eigenvalue weighted by Crippen LogP contribution is 2.43. The number of hydrogen-bond acceptors (Lipinski definition) is 4. The Morgan fingerprint density at radius 3 is 2.68 bits per heavy atom. The van der Waals surface area contributed by atoms with Gasteiger partial charge in [-0.3, -0.25) is 4.79 Å². The van der Waals surface area contributed by atoms with Gasteiger partial charge in [-0.05, 0) is 61.4 Å². The van der Waals surface area contributed by atoms with Crippen LogP contribution in [0.25, 0.3) is 0 Å². The minimum Gasteiger partial charge on any atom is -0.462 e. The minimum atomic E-state index is -0.831. The molecule has 1 unspecified atom stereocenters. The van der Waals surface area contributed by atoms with Crippen molar-refractivity contribution in [3.05, 3.63) is 87.3 Å². The number of thiophene rings is 1. The molecule has 4 rings (SSSR count). The Bertz CT molecular complexity index is 1130. The topological polar surface area (TPSA) is 55.4 Å². The molecule has 1 N–H and O–H groups in total. The molecule has 1 aromatic heterocycles. The summed E-state index contributed by atoms with van der Waals surface area (Å²) in [6.07, 6.45) is 2.27. The van der Waals surface area contributed by atoms with E-state index in [4.69, 9.17) is 4.74 Å². The minimum absolute atomic E-state index is 0.196. The molecule has 31 heavy (non-hydrogen) atoms. The first-order chi connectivity index (χ1) is 15.0. The van der Waals surface area contributed by atoms with Gasteiger partial charge in [-0.2, -0.15) is 0 Å². The van der Waals surface area contributed by atoms with Crippen LogP contribution in [0.4, 0.5) is 13.8 Å². The largest absolute Gasteiger partial charge is 0.462 e. The van der Waals surface area contributed by atoms with Gasteiger partial charge in [0.1, 0.15) is 16.6 Å². The summed E-state index contributed by atoms with van der Waals surface area (Å²) in [7, 11) is 0. The van der Waals surface area contributed by atoms with Crippen LogP contribution in [0.5, 0.6) is 0 Å². The van der Waals surface area contributed by atoms with Crippen LogP contribution in [0.1, 0.15) is 56.0 Å². The zero-order valence-corrected chi connectivity index (χ0v) is 17.7. The van der Waals surface area contributed by atoms with Crippen molar-refractivity contribution in [2.75, 3.05) is 11.9 Å². The molecular weight excluding hydrogens is 420 g/mol. The van der Waals surface area contributed by atoms with Gasteiger partial charge in [-0.1, -0.05) is 30.3 Å². The lowest BCUT2D eigenvalue weighted by molar-refractivity contribution is 0.0526. The lowest BCUT2D eigenvalue weighted by atomic mass is 9.83. The fourth-order valence-electron chi connectivity index (χ4n) is 3.94. The third-order valence-corrected chi connectivity index (χ3v) is 6.59. The van der Waals surface area contributed by atoms with E-state index in [0.29, 0.717) is 22.9 Å². The van der Waals surface area contributed by atoms with Crippen LogP contribution < -0.4 is 5.32 Å². The summed E-state index contributed by atoms with van der Waals surface area (Å²) >= 11 is 1.30. The van der Waals surface area contributed by atoms with Crippen molar-refractivity contribution in [1.29, 1.82) is 0 Å². The molecule has 3 aromatic rings. The molecule has 0 radical (unpaired) electrons. The first-order valence-electron chi connectivity index (χ1n) is 10.1. The molecule has 0 fully saturated rings. The molecule has 4 nitrogen and oxygen atoms in total. The monoisotopic (exact) mass is 441 g/mol. The number of carbonyl (C=O) groups is 2. The van der Waals surface area contributed by atoms with Crippen LogP contribution in [0.2, 0.25) is 0 Å². The van der Waals surface area contributed by atoms with Crippen molar-refractivity contribution in [3.63, 3.8) is 0 Å². The normalized spacial score (nSPS) is 15.3. The number of nitrogens with one attached hydrogen (secondary N) is 1. The van der Waals surface area contributed by atoms with E-state index in [2.05, 4.69) is 17.4 Å². The number of benzene rings is 2. The zero-order valence-electron chi connectivity index (χ0n) is 16.9. The Hall–Kier alpha value is -3.06. The van der Waals surface area contributed by atoms with Gasteiger partial charge in [0.25, 0.3) is 5.91 Å². The van der Waals surface area contributed by atoms with Gasteiger partial charge in [0.05, 0.1) is 17.7 Å². The summed E-state index contributed by atoms with van der Waals surface area (Å²) in [6.45, 7) is 1.91. The highest BCUT2D eigenvalue weighted by molar-refractivity contribution is 7.17. The van der Waals surface area contributed by atoms with E-state index < -0.39 is 29.1 Å². The summed E-state index contributed by atoms with van der Waals surface area (Å²) < 4.78 is 32.8. The molecule has 7 heteroatoms. The summed E-state index contributed by atoms with van der Waals surface area (Å²) in [5.41, 5.74) is 2.00. The highest BCUT2D eigenvalue weighted by Gasteiger charge is 2.31. The lowest BCUT2D eigenvalue weighted by Crippen LogP contribution is -2.17. The maximum absolute atomic E-state index is 14.1. The lowest BCUT2D eigenvalue weighted by Gasteiger charge is -2.23. The Balaban J connectivity index is 1.68. The van der Waals surface area contributed by atoms with Gasteiger partial charge < -0.3 is 10.1 Å². The third kappa shape index (κ3) is 4.37. The van der Waals surface area contributed by atoms with Gasteiger partial charge in [0.15, 0.2) is 0 Å². The summed E-state index contributed by atoms with van der Waals surface area (Å²) in [5, 5.41) is 2.93. The maximum Gasteiger partial charge on any atom is 0.341 e. The van der Waals surface area contributed by atoms with Crippen molar-refractivity contribution < 1.29 is 23.1 Å². The van der Waals surface area contributed by atoms with Crippen molar-refractivity contribution in [1.82, 2.24) is 0 Å². The number of halogens is 2. The standard InChI is InChI=1S/C24H21F2NO3S/c1-2-30-24(29)21-17-10-8-15(14-6-4-3-5-7-14)12-20(17)31-23(21)27-22(28)18-13-16(25)9-11-19(18)26/h3-7,9,11,13,15H,2,8,10,12H2,1H3,(H,27,28). The smallest absolute Gasteiger partial charge is 0.341 e. The Morgan fingerprint density at radius 1 is 1.16 bits per heavy atom. The molecule has 0 aliphatic heterocycles. The predicted octanol–water partition coefficient (Wildman–Crippen LogP) is 5.73. The molecule has 1 aliphatic carbocycles. The second kappa shape index (κ2) is 8.98. The molecule has 0 spiro atoms. The Labute approximate surface area is 182 Å². The molecule has 1 amide bonds. The molecule has 2 aromatic carbocycles. The van der Waals surface area contributed by atoms with E-state index in [1.54, 1.807) is 6.92 Å². The number of anilines is 1. The van der Waals surface area contributed by atoms with Crippen LogP contribution in [-0.2, 0) is 17.6 Å². The van der Waals surface area contributed by atoms with Gasteiger partial charge in [-0.25, -0.2) is 13.6 Å². The molecule has 0 saturated carbocycles. The molecule has 1 heterocycles. The molecular formula is C24H21F2NO3S. The van der Waals surface area contributed by atoms with E-state index >= 15 is 0 Å². The fraction of sp³-hybridized carbons (Fsp3) is 0.250. The van der Waals surface area contributed by atoms with Crippen molar-refractivity contribution in [2.24, 2.45) is 0 Å². The Morgan fingerprint density at radius 2 is 1.94 bits per heavy atom. The number of rotatable bonds is 5. The second-order valence-corrected chi connectivity index (χ2v) is 8.46. The molecule has 160 valence electrons. The zero-order chi connectivity index (χ0) is 22.0. The highest BCUT2D eigenvalue weighted by atomic mass is 32.1. The second-order valence-electron chi connectivity index (χ2n) is 7.36. The van der Waals surface area contributed by atoms with E-state index in [1.165, 1.54) is 16.9 Å². The van der Waals surface area contributed by atoms with Crippen LogP contribution in [0, 0.1) is 11.6 Å². The molecule has 1 aliphatic rings. The average Bonchev–Trinajstić information content (AvgIpc) is 3.13. The van der Waals surface area contributed by atoms with Crippen LogP contribution in [-0.4, -0.2) is 18.5 Å². The fourth-order valence-corrected chi connectivity index (χ4v) is 5.26. The van der Waals surface area contributed by atoms with Crippen LogP contribution >= 0.6 is 11.3 Å². The summed E-state index contributed by atoms with van der Waals surface area (Å²) in [6, 6.07) is 12.8. The number of esters is 1. The predicted molar refractivity (Wildman–Crippen MR) is 116 cm³/mol. The van der Waals surface area contributed by atoms with Crippen molar-refractivity contribution in [3.8, 4) is 0 Å². The van der Waals surface area contributed by atoms with Crippen LogP contribution in [0.3, 0.4) is 0 Å². The van der Waals surface area contributed by atoms with E-state index in [1.807, 2.05) is 18.2 Å². The number of fused-ring (bicyclic) bond motifs is 1. The quantitative estimate of drug-likeness (QED) is 0.515. The average molecular weight is 441 g/mol. The third-order valence-electron chi connectivity index (χ3n) is 5.42. The van der Waals surface area contributed by atoms with Gasteiger partial charge in [0.2, 0.25) is 0 Å². The number of ether oxygens (including phenoxy) is 1. The van der Waals surface area contributed by atoms with Crippen molar-refractivity contribution >= 4 is 28.2 Å². The SMILES string of the molecule is CCOC(=O)c1c(NC(=O)c2cc(F)ccc2F)sc2c1CCC(c1ccccc1)C2. The molecule has 0 bridgehead atoms. The van der Waals surface area contributed by atoms with E-state index in [0.717, 1.165) is 41.5 Å². The van der Waals surface area contributed by atoms with E-state index in [9.17, 15) is 18.4 Å². The summed E-state index contributed by atoms with van der Waals surface area (Å²) in [4.78, 5) is 26.3. The van der Waals surface area contributed by atoms with E-state index in [-0.39, 0.29) is 6.61 Å². The maximum atomic E-state index is 14.1.